The van der Waals surface area contributed by atoms with Crippen molar-refractivity contribution in [1.82, 2.24) is 4.98 Å². The monoisotopic (exact) mass is 478 g/mol. The van der Waals surface area contributed by atoms with Crippen LogP contribution in [0.15, 0.2) is 71.8 Å². The van der Waals surface area contributed by atoms with Gasteiger partial charge in [-0.15, -0.1) is 0 Å². The average Bonchev–Trinajstić information content (AvgIpc) is 2.80. The van der Waals surface area contributed by atoms with Gasteiger partial charge in [-0.1, -0.05) is 43.7 Å². The molecular formula is C26H30N4O3S. The molecule has 1 amide bonds. The highest BCUT2D eigenvalue weighted by Gasteiger charge is 2.32. The van der Waals surface area contributed by atoms with Crippen LogP contribution in [-0.2, 0) is 21.4 Å². The van der Waals surface area contributed by atoms with Crippen molar-refractivity contribution in [2.45, 2.75) is 38.6 Å². The van der Waals surface area contributed by atoms with E-state index in [1.54, 1.807) is 30.5 Å². The van der Waals surface area contributed by atoms with E-state index >= 15 is 0 Å². The predicted octanol–water partition coefficient (Wildman–Crippen LogP) is 4.59. The van der Waals surface area contributed by atoms with Crippen LogP contribution >= 0.6 is 0 Å². The number of amides is 1. The van der Waals surface area contributed by atoms with Crippen molar-refractivity contribution in [3.63, 3.8) is 0 Å². The number of carbonyl (C=O) groups is 1. The zero-order valence-corrected chi connectivity index (χ0v) is 20.5. The number of benzene rings is 2. The number of aryl methyl sites for hydroxylation is 1. The van der Waals surface area contributed by atoms with Gasteiger partial charge < -0.3 is 10.2 Å². The lowest BCUT2D eigenvalue weighted by Crippen LogP contribution is -2.44. The van der Waals surface area contributed by atoms with Gasteiger partial charge in [-0.2, -0.15) is 0 Å². The molecule has 0 radical (unpaired) electrons. The number of anilines is 3. The normalized spacial score (nSPS) is 13.6. The maximum absolute atomic E-state index is 13.5. The number of rotatable bonds is 7. The molecule has 0 saturated heterocycles. The van der Waals surface area contributed by atoms with E-state index in [0.29, 0.717) is 43.2 Å². The highest BCUT2D eigenvalue weighted by molar-refractivity contribution is 7.92. The topological polar surface area (TPSA) is 82.6 Å². The third-order valence-electron chi connectivity index (χ3n) is 5.72. The fourth-order valence-corrected chi connectivity index (χ4v) is 5.46. The van der Waals surface area contributed by atoms with E-state index in [4.69, 9.17) is 0 Å². The van der Waals surface area contributed by atoms with E-state index in [-0.39, 0.29) is 16.7 Å². The Labute approximate surface area is 201 Å². The highest BCUT2D eigenvalue weighted by Crippen LogP contribution is 2.35. The van der Waals surface area contributed by atoms with Crippen LogP contribution in [-0.4, -0.2) is 32.4 Å². The second-order valence-electron chi connectivity index (χ2n) is 9.00. The van der Waals surface area contributed by atoms with Crippen LogP contribution in [0.2, 0.25) is 0 Å². The molecule has 8 heteroatoms. The van der Waals surface area contributed by atoms with E-state index in [2.05, 4.69) is 46.4 Å². The number of fused-ring (bicyclic) bond motifs is 1. The molecule has 7 nitrogen and oxygen atoms in total. The smallest absolute Gasteiger partial charge is 0.264 e. The molecule has 34 heavy (non-hydrogen) atoms. The summed E-state index contributed by atoms with van der Waals surface area (Å²) in [6.07, 6.45) is 2.10. The summed E-state index contributed by atoms with van der Waals surface area (Å²) >= 11 is 0. The van der Waals surface area contributed by atoms with Crippen LogP contribution in [0.4, 0.5) is 17.2 Å². The number of hydrogen-bond acceptors (Lipinski definition) is 5. The minimum absolute atomic E-state index is 0.0877. The molecule has 0 atom stereocenters. The van der Waals surface area contributed by atoms with Gasteiger partial charge in [-0.3, -0.25) is 9.10 Å². The molecule has 4 rings (SSSR count). The number of sulfonamides is 1. The van der Waals surface area contributed by atoms with Crippen molar-refractivity contribution in [1.29, 1.82) is 0 Å². The van der Waals surface area contributed by atoms with Crippen molar-refractivity contribution in [2.75, 3.05) is 27.6 Å². The summed E-state index contributed by atoms with van der Waals surface area (Å²) in [6.45, 7) is 7.50. The van der Waals surface area contributed by atoms with Gasteiger partial charge in [-0.05, 0) is 54.8 Å². The van der Waals surface area contributed by atoms with Crippen molar-refractivity contribution in [3.05, 3.63) is 78.0 Å². The summed E-state index contributed by atoms with van der Waals surface area (Å²) in [5, 5.41) is 2.82. The molecule has 0 spiro atoms. The SMILES string of the molecule is Cc1ccc(CN2CCN(S(=O)(=O)c3ccc(NC(=O)CC(C)C)cc3)c3cccnc32)cc1. The van der Waals surface area contributed by atoms with Crippen molar-refractivity contribution >= 4 is 33.1 Å². The minimum atomic E-state index is -3.79. The summed E-state index contributed by atoms with van der Waals surface area (Å²) < 4.78 is 28.5. The first-order valence-corrected chi connectivity index (χ1v) is 12.9. The third-order valence-corrected chi connectivity index (χ3v) is 7.55. The second kappa shape index (κ2) is 9.85. The number of nitrogens with one attached hydrogen (secondary N) is 1. The van der Waals surface area contributed by atoms with Crippen LogP contribution in [0, 0.1) is 12.8 Å². The van der Waals surface area contributed by atoms with Gasteiger partial charge >= 0.3 is 0 Å². The molecule has 1 aromatic heterocycles. The molecule has 0 unspecified atom stereocenters. The first-order valence-electron chi connectivity index (χ1n) is 11.4. The van der Waals surface area contributed by atoms with Gasteiger partial charge in [0.2, 0.25) is 5.91 Å². The lowest BCUT2D eigenvalue weighted by atomic mass is 10.1. The molecule has 1 N–H and O–H groups in total. The first-order chi connectivity index (χ1) is 16.2. The van der Waals surface area contributed by atoms with Crippen molar-refractivity contribution < 1.29 is 13.2 Å². The molecule has 3 aromatic rings. The van der Waals surface area contributed by atoms with E-state index in [1.807, 2.05) is 13.8 Å². The van der Waals surface area contributed by atoms with Crippen molar-refractivity contribution in [3.8, 4) is 0 Å². The highest BCUT2D eigenvalue weighted by atomic mass is 32.2. The summed E-state index contributed by atoms with van der Waals surface area (Å²) in [6, 6.07) is 18.2. The van der Waals surface area contributed by atoms with E-state index in [9.17, 15) is 13.2 Å². The van der Waals surface area contributed by atoms with E-state index in [1.165, 1.54) is 22.0 Å². The van der Waals surface area contributed by atoms with Gasteiger partial charge in [0.15, 0.2) is 5.82 Å². The van der Waals surface area contributed by atoms with Gasteiger partial charge in [-0.25, -0.2) is 13.4 Å². The van der Waals surface area contributed by atoms with Crippen LogP contribution in [0.1, 0.15) is 31.4 Å². The summed E-state index contributed by atoms with van der Waals surface area (Å²) in [5.74, 6) is 0.809. The molecule has 1 aliphatic rings. The molecule has 2 aromatic carbocycles. The molecule has 0 bridgehead atoms. The van der Waals surface area contributed by atoms with Gasteiger partial charge in [0.05, 0.1) is 17.1 Å². The van der Waals surface area contributed by atoms with Crippen LogP contribution in [0.5, 0.6) is 0 Å². The fraction of sp³-hybridized carbons (Fsp3) is 0.308. The molecule has 1 aliphatic heterocycles. The zero-order chi connectivity index (χ0) is 24.3. The number of aromatic nitrogens is 1. The number of nitrogens with zero attached hydrogens (tertiary/aromatic N) is 3. The quantitative estimate of drug-likeness (QED) is 0.537. The second-order valence-corrected chi connectivity index (χ2v) is 10.9. The Hall–Kier alpha value is -3.39. The van der Waals surface area contributed by atoms with E-state index < -0.39 is 10.0 Å². The van der Waals surface area contributed by atoms with Crippen LogP contribution in [0.25, 0.3) is 0 Å². The third kappa shape index (κ3) is 5.22. The number of carbonyl (C=O) groups excluding carboxylic acids is 1. The maximum Gasteiger partial charge on any atom is 0.264 e. The Morgan fingerprint density at radius 2 is 1.74 bits per heavy atom. The number of pyridine rings is 1. The molecule has 178 valence electrons. The van der Waals surface area contributed by atoms with Gasteiger partial charge in [0.1, 0.15) is 0 Å². The Kier molecular flexibility index (Phi) is 6.88. The molecule has 0 fully saturated rings. The zero-order valence-electron chi connectivity index (χ0n) is 19.7. The van der Waals surface area contributed by atoms with E-state index in [0.717, 1.165) is 5.56 Å². The lowest BCUT2D eigenvalue weighted by Gasteiger charge is -2.37. The fourth-order valence-electron chi connectivity index (χ4n) is 4.00. The van der Waals surface area contributed by atoms with Crippen LogP contribution < -0.4 is 14.5 Å². The average molecular weight is 479 g/mol. The Bertz CT molecular complexity index is 1260. The Balaban J connectivity index is 1.55. The largest absolute Gasteiger partial charge is 0.349 e. The minimum Gasteiger partial charge on any atom is -0.349 e. The summed E-state index contributed by atoms with van der Waals surface area (Å²) in [5.41, 5.74) is 3.49. The predicted molar refractivity (Wildman–Crippen MR) is 136 cm³/mol. The maximum atomic E-state index is 13.5. The number of hydrogen-bond donors (Lipinski definition) is 1. The molecule has 0 aliphatic carbocycles. The molecular weight excluding hydrogens is 448 g/mol. The summed E-state index contributed by atoms with van der Waals surface area (Å²) in [4.78, 5) is 18.8. The Morgan fingerprint density at radius 3 is 2.41 bits per heavy atom. The van der Waals surface area contributed by atoms with Gasteiger partial charge in [0.25, 0.3) is 10.0 Å². The standard InChI is InChI=1S/C26H30N4O3S/c1-19(2)17-25(31)28-22-10-12-23(13-11-22)34(32,33)30-16-15-29(26-24(30)5-4-14-27-26)18-21-8-6-20(3)7-9-21/h4-14,19H,15-18H2,1-3H3,(H,28,31). The van der Waals surface area contributed by atoms with Crippen LogP contribution in [0.3, 0.4) is 0 Å². The van der Waals surface area contributed by atoms with Crippen molar-refractivity contribution in [2.24, 2.45) is 5.92 Å². The first kappa shape index (κ1) is 23.8. The van der Waals surface area contributed by atoms with Gasteiger partial charge in [0, 0.05) is 31.4 Å². The summed E-state index contributed by atoms with van der Waals surface area (Å²) in [7, 11) is -3.79. The molecule has 0 saturated carbocycles. The lowest BCUT2D eigenvalue weighted by molar-refractivity contribution is -0.116. The Morgan fingerprint density at radius 1 is 1.03 bits per heavy atom. The molecule has 2 heterocycles.